The van der Waals surface area contributed by atoms with Crippen LogP contribution in [-0.2, 0) is 11.3 Å². The standard InChI is InChI=1S/C22H22ClN5O3S/c23-15-3-4-17(18(12-15)27-5-1-2-19(27)29)21(31)26-8-6-25(7-9-26)14-16-13-20(30)28-10-11-32-22(28)24-16/h3-4,10-13H,1-2,5-9,14H2. The molecule has 0 bridgehead atoms. The molecule has 5 rings (SSSR count). The molecular formula is C22H22ClN5O3S. The number of thiazole rings is 1. The third-order valence-corrected chi connectivity index (χ3v) is 6.95. The molecule has 0 atom stereocenters. The molecule has 3 aromatic rings. The largest absolute Gasteiger partial charge is 0.336 e. The summed E-state index contributed by atoms with van der Waals surface area (Å²) in [6.45, 7) is 3.67. The zero-order valence-corrected chi connectivity index (χ0v) is 18.9. The second-order valence-electron chi connectivity index (χ2n) is 8.02. The Hall–Kier alpha value is -2.75. The van der Waals surface area contributed by atoms with Crippen LogP contribution in [0.15, 0.2) is 40.6 Å². The maximum absolute atomic E-state index is 13.3. The highest BCUT2D eigenvalue weighted by molar-refractivity contribution is 7.15. The molecule has 0 spiro atoms. The fourth-order valence-corrected chi connectivity index (χ4v) is 5.19. The number of benzene rings is 1. The number of fused-ring (bicyclic) bond motifs is 1. The zero-order valence-electron chi connectivity index (χ0n) is 17.4. The first-order chi connectivity index (χ1) is 15.5. The van der Waals surface area contributed by atoms with Crippen LogP contribution in [0.1, 0.15) is 28.9 Å². The molecular weight excluding hydrogens is 450 g/mol. The van der Waals surface area contributed by atoms with Crippen molar-refractivity contribution >= 4 is 45.4 Å². The number of amides is 2. The lowest BCUT2D eigenvalue weighted by atomic mass is 10.1. The Morgan fingerprint density at radius 3 is 2.66 bits per heavy atom. The molecule has 2 saturated heterocycles. The monoisotopic (exact) mass is 471 g/mol. The summed E-state index contributed by atoms with van der Waals surface area (Å²) in [5, 5.41) is 2.35. The summed E-state index contributed by atoms with van der Waals surface area (Å²) in [4.78, 5) is 48.7. The molecule has 2 aromatic heterocycles. The summed E-state index contributed by atoms with van der Waals surface area (Å²) in [6.07, 6.45) is 3.00. The number of nitrogens with zero attached hydrogens (tertiary/aromatic N) is 5. The first-order valence-electron chi connectivity index (χ1n) is 10.6. The normalized spacial score (nSPS) is 17.5. The van der Waals surface area contributed by atoms with E-state index in [1.165, 1.54) is 11.3 Å². The number of halogens is 1. The van der Waals surface area contributed by atoms with Gasteiger partial charge in [0, 0.05) is 68.4 Å². The lowest BCUT2D eigenvalue weighted by Gasteiger charge is -2.35. The first kappa shape index (κ1) is 21.1. The quantitative estimate of drug-likeness (QED) is 0.584. The minimum atomic E-state index is -0.0904. The molecule has 2 aliphatic heterocycles. The Morgan fingerprint density at radius 2 is 1.91 bits per heavy atom. The highest BCUT2D eigenvalue weighted by Crippen LogP contribution is 2.30. The predicted octanol–water partition coefficient (Wildman–Crippen LogP) is 2.49. The smallest absolute Gasteiger partial charge is 0.258 e. The van der Waals surface area contributed by atoms with Crippen molar-refractivity contribution in [2.45, 2.75) is 19.4 Å². The highest BCUT2D eigenvalue weighted by Gasteiger charge is 2.29. The lowest BCUT2D eigenvalue weighted by Crippen LogP contribution is -2.48. The number of anilines is 1. The van der Waals surface area contributed by atoms with E-state index < -0.39 is 0 Å². The van der Waals surface area contributed by atoms with Gasteiger partial charge < -0.3 is 9.80 Å². The van der Waals surface area contributed by atoms with Gasteiger partial charge in [-0.3, -0.25) is 23.7 Å². The van der Waals surface area contributed by atoms with Gasteiger partial charge in [0.05, 0.1) is 16.9 Å². The minimum absolute atomic E-state index is 0.0252. The number of piperazine rings is 1. The number of hydrogen-bond acceptors (Lipinski definition) is 6. The van der Waals surface area contributed by atoms with Gasteiger partial charge in [0.15, 0.2) is 4.96 Å². The van der Waals surface area contributed by atoms with Crippen LogP contribution in [0.4, 0.5) is 5.69 Å². The van der Waals surface area contributed by atoms with Crippen LogP contribution < -0.4 is 10.5 Å². The molecule has 2 fully saturated rings. The Bertz CT molecular complexity index is 1250. The zero-order chi connectivity index (χ0) is 22.2. The molecule has 2 aliphatic rings. The Kier molecular flexibility index (Phi) is 5.71. The maximum Gasteiger partial charge on any atom is 0.258 e. The number of rotatable bonds is 4. The van der Waals surface area contributed by atoms with Crippen LogP contribution in [0.25, 0.3) is 4.96 Å². The van der Waals surface area contributed by atoms with E-state index in [1.54, 1.807) is 39.8 Å². The van der Waals surface area contributed by atoms with Crippen molar-refractivity contribution in [3.63, 3.8) is 0 Å². The summed E-state index contributed by atoms with van der Waals surface area (Å²) in [5.41, 5.74) is 1.77. The van der Waals surface area contributed by atoms with E-state index in [9.17, 15) is 14.4 Å². The van der Waals surface area contributed by atoms with Crippen molar-refractivity contribution in [1.82, 2.24) is 19.2 Å². The molecule has 2 amide bonds. The number of carbonyl (C=O) groups is 2. The number of carbonyl (C=O) groups excluding carboxylic acids is 2. The Balaban J connectivity index is 1.28. The van der Waals surface area contributed by atoms with Crippen molar-refractivity contribution in [3.8, 4) is 0 Å². The second kappa shape index (κ2) is 8.65. The molecule has 10 heteroatoms. The molecule has 166 valence electrons. The van der Waals surface area contributed by atoms with Crippen molar-refractivity contribution in [2.75, 3.05) is 37.6 Å². The third kappa shape index (κ3) is 4.03. The Labute approximate surface area is 193 Å². The van der Waals surface area contributed by atoms with E-state index in [4.69, 9.17) is 11.6 Å². The van der Waals surface area contributed by atoms with Crippen LogP contribution in [0.5, 0.6) is 0 Å². The molecule has 0 N–H and O–H groups in total. The van der Waals surface area contributed by atoms with Gasteiger partial charge in [-0.15, -0.1) is 11.3 Å². The summed E-state index contributed by atoms with van der Waals surface area (Å²) < 4.78 is 1.54. The van der Waals surface area contributed by atoms with Crippen molar-refractivity contribution in [2.24, 2.45) is 0 Å². The van der Waals surface area contributed by atoms with Gasteiger partial charge in [0.1, 0.15) is 0 Å². The van der Waals surface area contributed by atoms with Crippen molar-refractivity contribution in [1.29, 1.82) is 0 Å². The van der Waals surface area contributed by atoms with Gasteiger partial charge in [-0.1, -0.05) is 11.6 Å². The van der Waals surface area contributed by atoms with Gasteiger partial charge in [-0.05, 0) is 24.6 Å². The molecule has 0 saturated carbocycles. The fourth-order valence-electron chi connectivity index (χ4n) is 4.29. The van der Waals surface area contributed by atoms with Crippen molar-refractivity contribution < 1.29 is 9.59 Å². The summed E-state index contributed by atoms with van der Waals surface area (Å²) >= 11 is 7.61. The molecule has 0 unspecified atom stereocenters. The van der Waals surface area contributed by atoms with Crippen LogP contribution in [0, 0.1) is 0 Å². The van der Waals surface area contributed by atoms with Crippen LogP contribution >= 0.6 is 22.9 Å². The Morgan fingerprint density at radius 1 is 1.09 bits per heavy atom. The van der Waals surface area contributed by atoms with Gasteiger partial charge in [0.2, 0.25) is 5.91 Å². The van der Waals surface area contributed by atoms with E-state index in [-0.39, 0.29) is 17.4 Å². The summed E-state index contributed by atoms with van der Waals surface area (Å²) in [5.74, 6) is -0.0651. The minimum Gasteiger partial charge on any atom is -0.336 e. The maximum atomic E-state index is 13.3. The van der Waals surface area contributed by atoms with Crippen LogP contribution in [0.3, 0.4) is 0 Å². The van der Waals surface area contributed by atoms with Gasteiger partial charge >= 0.3 is 0 Å². The second-order valence-corrected chi connectivity index (χ2v) is 9.33. The molecule has 4 heterocycles. The predicted molar refractivity (Wildman–Crippen MR) is 124 cm³/mol. The molecule has 8 nitrogen and oxygen atoms in total. The first-order valence-corrected chi connectivity index (χ1v) is 11.8. The summed E-state index contributed by atoms with van der Waals surface area (Å²) in [6, 6.07) is 6.69. The van der Waals surface area contributed by atoms with Gasteiger partial charge in [0.25, 0.3) is 11.5 Å². The number of aromatic nitrogens is 2. The average molecular weight is 472 g/mol. The molecule has 0 radical (unpaired) electrons. The molecule has 32 heavy (non-hydrogen) atoms. The fraction of sp³-hybridized carbons (Fsp3) is 0.364. The van der Waals surface area contributed by atoms with Gasteiger partial charge in [-0.25, -0.2) is 4.98 Å². The van der Waals surface area contributed by atoms with Crippen molar-refractivity contribution in [3.05, 3.63) is 62.5 Å². The van der Waals surface area contributed by atoms with E-state index in [1.807, 2.05) is 10.3 Å². The topological polar surface area (TPSA) is 78.2 Å². The van der Waals surface area contributed by atoms with E-state index in [0.29, 0.717) is 66.9 Å². The van der Waals surface area contributed by atoms with E-state index in [0.717, 1.165) is 12.1 Å². The average Bonchev–Trinajstić information content (AvgIpc) is 3.43. The SMILES string of the molecule is O=C(c1ccc(Cl)cc1N1CCCC1=O)N1CCN(Cc2cc(=O)n3ccsc3n2)CC1. The number of hydrogen-bond donors (Lipinski definition) is 0. The molecule has 1 aromatic carbocycles. The van der Waals surface area contributed by atoms with Crippen LogP contribution in [0.2, 0.25) is 5.02 Å². The molecule has 0 aliphatic carbocycles. The highest BCUT2D eigenvalue weighted by atomic mass is 35.5. The van der Waals surface area contributed by atoms with Gasteiger partial charge in [-0.2, -0.15) is 0 Å². The van der Waals surface area contributed by atoms with E-state index in [2.05, 4.69) is 9.88 Å². The summed E-state index contributed by atoms with van der Waals surface area (Å²) in [7, 11) is 0. The third-order valence-electron chi connectivity index (χ3n) is 5.96. The van der Waals surface area contributed by atoms with Crippen LogP contribution in [-0.4, -0.2) is 63.7 Å². The lowest BCUT2D eigenvalue weighted by molar-refractivity contribution is -0.117. The van der Waals surface area contributed by atoms with E-state index >= 15 is 0 Å².